The van der Waals surface area contributed by atoms with Gasteiger partial charge in [-0.15, -0.1) is 0 Å². The molecule has 2 amide bonds. The largest absolute Gasteiger partial charge is 0.516 e. The number of ether oxygens (including phenoxy) is 2. The summed E-state index contributed by atoms with van der Waals surface area (Å²) < 4.78 is 22.7. The van der Waals surface area contributed by atoms with Gasteiger partial charge < -0.3 is 18.8 Å². The molecule has 2 heterocycles. The first kappa shape index (κ1) is 25.4. The maximum absolute atomic E-state index is 12.9. The first-order valence-electron chi connectivity index (χ1n) is 9.97. The van der Waals surface area contributed by atoms with Crippen LogP contribution in [0.1, 0.15) is 69.2 Å². The summed E-state index contributed by atoms with van der Waals surface area (Å²) in [5, 5.41) is -0.183. The molecule has 0 radical (unpaired) electrons. The van der Waals surface area contributed by atoms with Crippen molar-refractivity contribution in [1.82, 2.24) is 9.97 Å². The fourth-order valence-corrected chi connectivity index (χ4v) is 2.64. The van der Waals surface area contributed by atoms with E-state index in [0.29, 0.717) is 4.90 Å². The van der Waals surface area contributed by atoms with Crippen molar-refractivity contribution in [3.8, 4) is 0 Å². The van der Waals surface area contributed by atoms with E-state index in [2.05, 4.69) is 9.97 Å². The quantitative estimate of drug-likeness (QED) is 0.614. The highest BCUT2D eigenvalue weighted by Crippen LogP contribution is 2.36. The van der Waals surface area contributed by atoms with Crippen molar-refractivity contribution in [2.45, 2.75) is 91.6 Å². The number of carbonyl (C=O) groups excluding carboxylic acids is 2. The van der Waals surface area contributed by atoms with Gasteiger partial charge in [0.1, 0.15) is 11.2 Å². The van der Waals surface area contributed by atoms with E-state index < -0.39 is 41.7 Å². The van der Waals surface area contributed by atoms with Crippen LogP contribution in [-0.4, -0.2) is 51.7 Å². The van der Waals surface area contributed by atoms with Gasteiger partial charge in [0.25, 0.3) is 0 Å². The van der Waals surface area contributed by atoms with Gasteiger partial charge >= 0.3 is 19.3 Å². The Labute approximate surface area is 188 Å². The molecule has 1 saturated heterocycles. The average molecular weight is 456 g/mol. The van der Waals surface area contributed by atoms with E-state index in [1.807, 2.05) is 27.7 Å². The van der Waals surface area contributed by atoms with E-state index in [1.54, 1.807) is 41.5 Å². The minimum atomic E-state index is -0.996. The maximum Gasteiger partial charge on any atom is 0.516 e. The van der Waals surface area contributed by atoms with E-state index in [0.717, 1.165) is 0 Å². The average Bonchev–Trinajstić information content (AvgIpc) is 2.73. The molecular formula is C20H31BClN3O6. The summed E-state index contributed by atoms with van der Waals surface area (Å²) >= 11 is 6.23. The second-order valence-electron chi connectivity index (χ2n) is 10.3. The van der Waals surface area contributed by atoms with E-state index in [9.17, 15) is 9.59 Å². The Morgan fingerprint density at radius 1 is 0.968 bits per heavy atom. The highest BCUT2D eigenvalue weighted by Gasteiger charge is 2.53. The number of halogens is 1. The normalized spacial score (nSPS) is 18.0. The molecule has 9 nitrogen and oxygen atoms in total. The Hall–Kier alpha value is -1.91. The minimum absolute atomic E-state index is 0.183. The smallest absolute Gasteiger partial charge is 0.443 e. The van der Waals surface area contributed by atoms with Gasteiger partial charge in [-0.2, -0.15) is 4.90 Å². The van der Waals surface area contributed by atoms with Crippen molar-refractivity contribution in [3.05, 3.63) is 11.3 Å². The number of amides is 2. The topological polar surface area (TPSA) is 100 Å². The number of nitrogens with zero attached hydrogens (tertiary/aromatic N) is 3. The molecule has 2 rings (SSSR count). The summed E-state index contributed by atoms with van der Waals surface area (Å²) in [5.74, 6) is -0.239. The number of hydrogen-bond donors (Lipinski definition) is 0. The molecule has 0 bridgehead atoms. The van der Waals surface area contributed by atoms with Crippen molar-refractivity contribution in [3.63, 3.8) is 0 Å². The van der Waals surface area contributed by atoms with Gasteiger partial charge in [-0.1, -0.05) is 11.6 Å². The third-order valence-corrected chi connectivity index (χ3v) is 4.85. The van der Waals surface area contributed by atoms with E-state index in [4.69, 9.17) is 30.4 Å². The molecule has 1 aliphatic heterocycles. The number of aromatic nitrogens is 2. The summed E-state index contributed by atoms with van der Waals surface area (Å²) in [6.07, 6.45) is -0.621. The molecule has 172 valence electrons. The number of anilines is 1. The van der Waals surface area contributed by atoms with Gasteiger partial charge in [0.05, 0.1) is 16.8 Å². The molecule has 1 fully saturated rings. The molecule has 1 aromatic heterocycles. The van der Waals surface area contributed by atoms with E-state index >= 15 is 0 Å². The van der Waals surface area contributed by atoms with Gasteiger partial charge in [-0.05, 0) is 69.2 Å². The zero-order chi connectivity index (χ0) is 24.0. The van der Waals surface area contributed by atoms with Crippen molar-refractivity contribution in [2.75, 3.05) is 4.90 Å². The lowest BCUT2D eigenvalue weighted by Crippen LogP contribution is -2.46. The lowest BCUT2D eigenvalue weighted by molar-refractivity contribution is 0.00578. The van der Waals surface area contributed by atoms with Crippen LogP contribution in [0.3, 0.4) is 0 Å². The summed E-state index contributed by atoms with van der Waals surface area (Å²) in [6, 6.07) is 0. The molecule has 31 heavy (non-hydrogen) atoms. The highest BCUT2D eigenvalue weighted by atomic mass is 35.5. The van der Waals surface area contributed by atoms with Gasteiger partial charge in [-0.3, -0.25) is 0 Å². The third kappa shape index (κ3) is 6.08. The number of rotatable bonds is 2. The maximum atomic E-state index is 12.9. The predicted octanol–water partition coefficient (Wildman–Crippen LogP) is 4.11. The molecule has 0 saturated carbocycles. The van der Waals surface area contributed by atoms with Crippen LogP contribution in [0.5, 0.6) is 0 Å². The van der Waals surface area contributed by atoms with Crippen LogP contribution in [-0.2, 0) is 18.8 Å². The minimum Gasteiger partial charge on any atom is -0.443 e. The van der Waals surface area contributed by atoms with Crippen LogP contribution >= 0.6 is 11.6 Å². The molecule has 0 N–H and O–H groups in total. The first-order valence-corrected chi connectivity index (χ1v) is 10.3. The lowest BCUT2D eigenvalue weighted by atomic mass is 9.85. The molecule has 0 atom stereocenters. The summed E-state index contributed by atoms with van der Waals surface area (Å²) in [4.78, 5) is 34.9. The molecule has 0 aromatic carbocycles. The molecule has 1 aliphatic rings. The number of imide groups is 1. The molecule has 1 aromatic rings. The summed E-state index contributed by atoms with van der Waals surface area (Å²) in [5.41, 5.74) is -2.74. The number of carbonyl (C=O) groups is 2. The Morgan fingerprint density at radius 2 is 1.39 bits per heavy atom. The van der Waals surface area contributed by atoms with Gasteiger partial charge in [-0.25, -0.2) is 19.6 Å². The summed E-state index contributed by atoms with van der Waals surface area (Å²) in [7, 11) is -0.868. The molecule has 0 spiro atoms. The monoisotopic (exact) mass is 455 g/mol. The Morgan fingerprint density at radius 3 is 1.77 bits per heavy atom. The second-order valence-corrected chi connectivity index (χ2v) is 10.7. The predicted molar refractivity (Wildman–Crippen MR) is 118 cm³/mol. The van der Waals surface area contributed by atoms with Crippen molar-refractivity contribution in [1.29, 1.82) is 0 Å². The third-order valence-electron chi connectivity index (χ3n) is 4.59. The first-order chi connectivity index (χ1) is 13.8. The number of hydrogen-bond acceptors (Lipinski definition) is 8. The van der Waals surface area contributed by atoms with Crippen molar-refractivity contribution >= 4 is 42.3 Å². The van der Waals surface area contributed by atoms with Gasteiger partial charge in [0.15, 0.2) is 11.0 Å². The SMILES string of the molecule is CC(C)(C)OC(=O)N(C(=O)OC(C)(C)C)c1nc(B2OC(C)(C)C(C)(C)O2)cnc1Cl. The van der Waals surface area contributed by atoms with E-state index in [-0.39, 0.29) is 16.6 Å². The molecule has 11 heteroatoms. The van der Waals surface area contributed by atoms with Crippen molar-refractivity contribution < 1.29 is 28.4 Å². The van der Waals surface area contributed by atoms with Crippen LogP contribution in [0.25, 0.3) is 0 Å². The van der Waals surface area contributed by atoms with Crippen LogP contribution in [0.15, 0.2) is 6.20 Å². The Balaban J connectivity index is 2.49. The fraction of sp³-hybridized carbons (Fsp3) is 0.700. The van der Waals surface area contributed by atoms with Gasteiger partial charge in [0.2, 0.25) is 0 Å². The lowest BCUT2D eigenvalue weighted by Gasteiger charge is -2.32. The van der Waals surface area contributed by atoms with Crippen LogP contribution < -0.4 is 10.5 Å². The van der Waals surface area contributed by atoms with Crippen molar-refractivity contribution in [2.24, 2.45) is 0 Å². The molecule has 0 aliphatic carbocycles. The highest BCUT2D eigenvalue weighted by molar-refractivity contribution is 6.61. The van der Waals surface area contributed by atoms with Crippen LogP contribution in [0.2, 0.25) is 5.15 Å². The standard InChI is InChI=1S/C20H31BClN3O6/c1-17(2,3)28-15(26)25(16(27)29-18(4,5)6)14-13(22)23-11-12(24-14)21-30-19(7,8)20(9,10)31-21/h11H,1-10H3. The van der Waals surface area contributed by atoms with E-state index in [1.165, 1.54) is 6.20 Å². The second kappa shape index (κ2) is 8.22. The van der Waals surface area contributed by atoms with Gasteiger partial charge in [0, 0.05) is 6.20 Å². The Bertz CT molecular complexity index is 819. The zero-order valence-corrected chi connectivity index (χ0v) is 20.6. The molecule has 0 unspecified atom stereocenters. The van der Waals surface area contributed by atoms with Crippen LogP contribution in [0.4, 0.5) is 15.4 Å². The fourth-order valence-electron chi connectivity index (χ4n) is 2.46. The molecular weight excluding hydrogens is 425 g/mol. The summed E-state index contributed by atoms with van der Waals surface area (Å²) in [6.45, 7) is 17.6. The van der Waals surface area contributed by atoms with Crippen LogP contribution in [0, 0.1) is 0 Å². The Kier molecular flexibility index (Phi) is 6.72. The zero-order valence-electron chi connectivity index (χ0n) is 19.8.